The van der Waals surface area contributed by atoms with Gasteiger partial charge in [-0.2, -0.15) is 5.10 Å². The molecule has 3 heterocycles. The van der Waals surface area contributed by atoms with Gasteiger partial charge in [0, 0.05) is 58.4 Å². The SMILES string of the molecule is Cc1c(CCC(=O)N2CC[C@@](O)(CN3CCN(C)CC3)C2)cnn1C. The number of carbonyl (C=O) groups excluding carboxylic acids is 1. The standard InChI is InChI=1S/C18H31N5O2/c1-15-16(12-19-21(15)3)4-5-17(24)23-7-6-18(25,14-23)13-22-10-8-20(2)9-11-22/h12,25H,4-11,13-14H2,1-3H3/t18-/m1/s1. The van der Waals surface area contributed by atoms with E-state index in [0.717, 1.165) is 37.4 Å². The van der Waals surface area contributed by atoms with E-state index in [9.17, 15) is 9.90 Å². The lowest BCUT2D eigenvalue weighted by molar-refractivity contribution is -0.131. The van der Waals surface area contributed by atoms with Crippen LogP contribution in [0, 0.1) is 6.92 Å². The Morgan fingerprint density at radius 3 is 2.60 bits per heavy atom. The number of carbonyl (C=O) groups is 1. The van der Waals surface area contributed by atoms with E-state index < -0.39 is 5.60 Å². The van der Waals surface area contributed by atoms with E-state index in [2.05, 4.69) is 21.9 Å². The van der Waals surface area contributed by atoms with Crippen molar-refractivity contribution in [1.82, 2.24) is 24.5 Å². The van der Waals surface area contributed by atoms with Crippen LogP contribution in [-0.4, -0.2) is 94.0 Å². The Hall–Kier alpha value is -1.44. The molecular formula is C18H31N5O2. The van der Waals surface area contributed by atoms with Crippen molar-refractivity contribution < 1.29 is 9.90 Å². The van der Waals surface area contributed by atoms with Gasteiger partial charge >= 0.3 is 0 Å². The first kappa shape index (κ1) is 18.4. The Balaban J connectivity index is 1.48. The zero-order valence-corrected chi connectivity index (χ0v) is 15.7. The van der Waals surface area contributed by atoms with Crippen LogP contribution in [0.1, 0.15) is 24.1 Å². The molecule has 1 aromatic rings. The van der Waals surface area contributed by atoms with Crippen molar-refractivity contribution >= 4 is 5.91 Å². The number of hydrogen-bond donors (Lipinski definition) is 1. The van der Waals surface area contributed by atoms with E-state index in [0.29, 0.717) is 38.9 Å². The average molecular weight is 349 g/mol. The lowest BCUT2D eigenvalue weighted by atomic mass is 10.0. The molecule has 3 rings (SSSR count). The number of amides is 1. The minimum Gasteiger partial charge on any atom is -0.387 e. The number of piperazine rings is 1. The fourth-order valence-electron chi connectivity index (χ4n) is 3.81. The molecule has 0 unspecified atom stereocenters. The largest absolute Gasteiger partial charge is 0.387 e. The molecule has 7 heteroatoms. The Labute approximate surface area is 150 Å². The number of hydrogen-bond acceptors (Lipinski definition) is 5. The molecule has 140 valence electrons. The van der Waals surface area contributed by atoms with Crippen LogP contribution in [0.25, 0.3) is 0 Å². The Morgan fingerprint density at radius 1 is 1.24 bits per heavy atom. The quantitative estimate of drug-likeness (QED) is 0.802. The number of aryl methyl sites for hydroxylation is 2. The Bertz CT molecular complexity index is 609. The van der Waals surface area contributed by atoms with Crippen molar-refractivity contribution in [1.29, 1.82) is 0 Å². The molecule has 0 aliphatic carbocycles. The maximum atomic E-state index is 12.5. The van der Waals surface area contributed by atoms with Crippen LogP contribution in [0.2, 0.25) is 0 Å². The topological polar surface area (TPSA) is 64.8 Å². The molecule has 2 fully saturated rings. The van der Waals surface area contributed by atoms with Crippen LogP contribution in [0.5, 0.6) is 0 Å². The highest BCUT2D eigenvalue weighted by molar-refractivity contribution is 5.77. The summed E-state index contributed by atoms with van der Waals surface area (Å²) >= 11 is 0. The first-order valence-electron chi connectivity index (χ1n) is 9.25. The van der Waals surface area contributed by atoms with Gasteiger partial charge in [0.25, 0.3) is 0 Å². The molecule has 2 aliphatic heterocycles. The van der Waals surface area contributed by atoms with Gasteiger partial charge in [-0.3, -0.25) is 14.4 Å². The number of likely N-dealkylation sites (tertiary alicyclic amines) is 1. The van der Waals surface area contributed by atoms with Crippen LogP contribution < -0.4 is 0 Å². The Kier molecular flexibility index (Phi) is 5.46. The third-order valence-corrected chi connectivity index (χ3v) is 5.74. The van der Waals surface area contributed by atoms with E-state index in [4.69, 9.17) is 0 Å². The second kappa shape index (κ2) is 7.43. The monoisotopic (exact) mass is 349 g/mol. The van der Waals surface area contributed by atoms with Gasteiger partial charge in [0.05, 0.1) is 18.3 Å². The summed E-state index contributed by atoms with van der Waals surface area (Å²) in [5.41, 5.74) is 1.49. The summed E-state index contributed by atoms with van der Waals surface area (Å²) in [6.45, 7) is 7.90. The summed E-state index contributed by atoms with van der Waals surface area (Å²) in [4.78, 5) is 19.0. The normalized spacial score (nSPS) is 25.7. The number of nitrogens with zero attached hydrogens (tertiary/aromatic N) is 5. The highest BCUT2D eigenvalue weighted by Gasteiger charge is 2.39. The van der Waals surface area contributed by atoms with E-state index in [1.807, 2.05) is 29.7 Å². The third-order valence-electron chi connectivity index (χ3n) is 5.74. The predicted octanol–water partition coefficient (Wildman–Crippen LogP) is -0.128. The van der Waals surface area contributed by atoms with Gasteiger partial charge in [0.1, 0.15) is 0 Å². The number of likely N-dealkylation sites (N-methyl/N-ethyl adjacent to an activating group) is 1. The average Bonchev–Trinajstić information content (AvgIpc) is 3.12. The maximum Gasteiger partial charge on any atom is 0.223 e. The first-order valence-corrected chi connectivity index (χ1v) is 9.25. The van der Waals surface area contributed by atoms with Gasteiger partial charge < -0.3 is 14.9 Å². The third kappa shape index (κ3) is 4.40. The van der Waals surface area contributed by atoms with Crippen molar-refractivity contribution in [2.45, 2.75) is 31.8 Å². The number of rotatable bonds is 5. The second-order valence-corrected chi connectivity index (χ2v) is 7.75. The summed E-state index contributed by atoms with van der Waals surface area (Å²) in [7, 11) is 4.05. The maximum absolute atomic E-state index is 12.5. The van der Waals surface area contributed by atoms with Crippen molar-refractivity contribution in [3.63, 3.8) is 0 Å². The summed E-state index contributed by atoms with van der Waals surface area (Å²) in [5.74, 6) is 0.137. The van der Waals surface area contributed by atoms with E-state index in [1.54, 1.807) is 0 Å². The molecule has 25 heavy (non-hydrogen) atoms. The van der Waals surface area contributed by atoms with Crippen LogP contribution in [0.3, 0.4) is 0 Å². The van der Waals surface area contributed by atoms with Crippen LogP contribution in [0.4, 0.5) is 0 Å². The molecule has 1 aromatic heterocycles. The zero-order valence-electron chi connectivity index (χ0n) is 15.7. The highest BCUT2D eigenvalue weighted by Crippen LogP contribution is 2.24. The molecule has 1 amide bonds. The highest BCUT2D eigenvalue weighted by atomic mass is 16.3. The first-order chi connectivity index (χ1) is 11.9. The minimum atomic E-state index is -0.754. The molecule has 7 nitrogen and oxygen atoms in total. The second-order valence-electron chi connectivity index (χ2n) is 7.75. The van der Waals surface area contributed by atoms with Crippen molar-refractivity contribution in [3.05, 3.63) is 17.5 Å². The lowest BCUT2D eigenvalue weighted by Crippen LogP contribution is -2.52. The molecular weight excluding hydrogens is 318 g/mol. The smallest absolute Gasteiger partial charge is 0.223 e. The molecule has 1 N–H and O–H groups in total. The molecule has 2 aliphatic rings. The van der Waals surface area contributed by atoms with E-state index in [1.165, 1.54) is 0 Å². The molecule has 0 saturated carbocycles. The Morgan fingerprint density at radius 2 is 1.96 bits per heavy atom. The molecule has 0 aromatic carbocycles. The van der Waals surface area contributed by atoms with Gasteiger partial charge in [-0.25, -0.2) is 0 Å². The molecule has 0 radical (unpaired) electrons. The van der Waals surface area contributed by atoms with Gasteiger partial charge in [-0.05, 0) is 32.4 Å². The fraction of sp³-hybridized carbons (Fsp3) is 0.778. The zero-order chi connectivity index (χ0) is 18.0. The molecule has 1 atom stereocenters. The molecule has 2 saturated heterocycles. The number of aromatic nitrogens is 2. The van der Waals surface area contributed by atoms with Crippen LogP contribution in [0.15, 0.2) is 6.20 Å². The molecule has 0 spiro atoms. The van der Waals surface area contributed by atoms with Gasteiger partial charge in [-0.1, -0.05) is 0 Å². The van der Waals surface area contributed by atoms with Gasteiger partial charge in [0.15, 0.2) is 0 Å². The van der Waals surface area contributed by atoms with Crippen LogP contribution >= 0.6 is 0 Å². The summed E-state index contributed by atoms with van der Waals surface area (Å²) < 4.78 is 1.84. The summed E-state index contributed by atoms with van der Waals surface area (Å²) in [6.07, 6.45) is 3.72. The minimum absolute atomic E-state index is 0.137. The van der Waals surface area contributed by atoms with E-state index >= 15 is 0 Å². The van der Waals surface area contributed by atoms with Gasteiger partial charge in [-0.15, -0.1) is 0 Å². The predicted molar refractivity (Wildman–Crippen MR) is 96.3 cm³/mol. The summed E-state index contributed by atoms with van der Waals surface area (Å²) in [5, 5.41) is 15.1. The van der Waals surface area contributed by atoms with Crippen molar-refractivity contribution in [2.75, 3.05) is 52.9 Å². The lowest BCUT2D eigenvalue weighted by Gasteiger charge is -2.36. The fourth-order valence-corrected chi connectivity index (χ4v) is 3.81. The van der Waals surface area contributed by atoms with Crippen LogP contribution in [-0.2, 0) is 18.3 Å². The number of aliphatic hydroxyl groups is 1. The number of β-amino-alcohol motifs (C(OH)–C–C–N with tert-alkyl or cyclic N) is 1. The molecule has 0 bridgehead atoms. The van der Waals surface area contributed by atoms with Gasteiger partial charge in [0.2, 0.25) is 5.91 Å². The summed E-state index contributed by atoms with van der Waals surface area (Å²) in [6, 6.07) is 0. The van der Waals surface area contributed by atoms with Crippen molar-refractivity contribution in [3.8, 4) is 0 Å². The van der Waals surface area contributed by atoms with Crippen molar-refractivity contribution in [2.24, 2.45) is 7.05 Å². The van der Waals surface area contributed by atoms with E-state index in [-0.39, 0.29) is 5.91 Å².